The molecule has 1 aromatic rings. The molecule has 0 bridgehead atoms. The average Bonchev–Trinajstić information content (AvgIpc) is 2.87. The number of nitrogens with two attached hydrogens (primary N) is 1. The van der Waals surface area contributed by atoms with Gasteiger partial charge in [-0.15, -0.1) is 0 Å². The van der Waals surface area contributed by atoms with E-state index in [4.69, 9.17) is 5.73 Å². The normalized spacial score (nSPS) is 19.9. The molecular weight excluding hydrogens is 265 g/mol. The molecule has 0 saturated carbocycles. The van der Waals surface area contributed by atoms with Crippen LogP contribution in [0.1, 0.15) is 23.7 Å². The van der Waals surface area contributed by atoms with Gasteiger partial charge in [-0.3, -0.25) is 14.9 Å². The summed E-state index contributed by atoms with van der Waals surface area (Å²) < 4.78 is 13.8. The van der Waals surface area contributed by atoms with Crippen molar-refractivity contribution in [2.24, 2.45) is 11.7 Å². The molecular formula is C13H16FN3O3. The minimum Gasteiger partial charge on any atom is -0.338 e. The summed E-state index contributed by atoms with van der Waals surface area (Å²) in [5, 5.41) is 10.5. The largest absolute Gasteiger partial charge is 0.338 e. The quantitative estimate of drug-likeness (QED) is 0.672. The van der Waals surface area contributed by atoms with Gasteiger partial charge in [0, 0.05) is 25.2 Å². The van der Waals surface area contributed by atoms with Crippen molar-refractivity contribution in [1.82, 2.24) is 4.90 Å². The molecule has 0 spiro atoms. The first-order chi connectivity index (χ1) is 9.40. The Bertz CT molecular complexity index is 548. The highest BCUT2D eigenvalue weighted by molar-refractivity contribution is 5.94. The highest BCUT2D eigenvalue weighted by Crippen LogP contribution is 2.23. The zero-order valence-corrected chi connectivity index (χ0v) is 11.1. The number of amides is 1. The van der Waals surface area contributed by atoms with Crippen LogP contribution in [0.3, 0.4) is 0 Å². The summed E-state index contributed by atoms with van der Waals surface area (Å²) in [6.07, 6.45) is 0.790. The van der Waals surface area contributed by atoms with Gasteiger partial charge in [-0.2, -0.15) is 0 Å². The molecule has 7 heteroatoms. The van der Waals surface area contributed by atoms with Crippen molar-refractivity contribution in [3.05, 3.63) is 39.7 Å². The molecule has 2 N–H and O–H groups in total. The third-order valence-electron chi connectivity index (χ3n) is 3.65. The van der Waals surface area contributed by atoms with Crippen molar-refractivity contribution in [1.29, 1.82) is 0 Å². The summed E-state index contributed by atoms with van der Waals surface area (Å²) in [4.78, 5) is 23.6. The molecule has 108 valence electrons. The van der Waals surface area contributed by atoms with E-state index in [1.807, 2.05) is 6.92 Å². The monoisotopic (exact) mass is 281 g/mol. The zero-order valence-electron chi connectivity index (χ0n) is 11.1. The number of carbonyl (C=O) groups excluding carboxylic acids is 1. The first-order valence-corrected chi connectivity index (χ1v) is 6.39. The lowest BCUT2D eigenvalue weighted by Gasteiger charge is -2.18. The lowest BCUT2D eigenvalue weighted by Crippen LogP contribution is -2.33. The molecule has 20 heavy (non-hydrogen) atoms. The number of likely N-dealkylation sites (tertiary alicyclic amines) is 1. The number of nitrogens with zero attached hydrogens (tertiary/aromatic N) is 2. The lowest BCUT2D eigenvalue weighted by molar-refractivity contribution is -0.385. The van der Waals surface area contributed by atoms with Gasteiger partial charge < -0.3 is 10.6 Å². The van der Waals surface area contributed by atoms with E-state index in [0.29, 0.717) is 13.1 Å². The number of nitro benzene ring substituents is 1. The van der Waals surface area contributed by atoms with Crippen LogP contribution in [0.4, 0.5) is 10.1 Å². The smallest absolute Gasteiger partial charge is 0.272 e. The predicted molar refractivity (Wildman–Crippen MR) is 70.7 cm³/mol. The molecule has 1 saturated heterocycles. The minimum absolute atomic E-state index is 0.0190. The van der Waals surface area contributed by atoms with Crippen LogP contribution in [-0.4, -0.2) is 34.9 Å². The van der Waals surface area contributed by atoms with E-state index in [9.17, 15) is 19.3 Å². The van der Waals surface area contributed by atoms with Gasteiger partial charge in [0.1, 0.15) is 5.82 Å². The molecule has 1 aromatic carbocycles. The zero-order chi connectivity index (χ0) is 14.9. The van der Waals surface area contributed by atoms with Crippen LogP contribution in [0.25, 0.3) is 0 Å². The summed E-state index contributed by atoms with van der Waals surface area (Å²) >= 11 is 0. The Morgan fingerprint density at radius 2 is 2.30 bits per heavy atom. The molecule has 2 rings (SSSR count). The number of halogens is 1. The third kappa shape index (κ3) is 2.77. The van der Waals surface area contributed by atoms with Crippen LogP contribution < -0.4 is 5.73 Å². The first kappa shape index (κ1) is 14.4. The second kappa shape index (κ2) is 5.54. The van der Waals surface area contributed by atoms with Crippen LogP contribution in [0.15, 0.2) is 18.2 Å². The van der Waals surface area contributed by atoms with Gasteiger partial charge in [0.2, 0.25) is 0 Å². The molecule has 1 fully saturated rings. The standard InChI is InChI=1S/C13H16FN3O3/c1-8(15)9-4-5-16(7-9)13(18)11-3-2-10(17(19)20)6-12(11)14/h2-3,6,8-9H,4-5,7,15H2,1H3. The first-order valence-electron chi connectivity index (χ1n) is 6.39. The fourth-order valence-corrected chi connectivity index (χ4v) is 2.36. The van der Waals surface area contributed by atoms with E-state index >= 15 is 0 Å². The van der Waals surface area contributed by atoms with Gasteiger partial charge in [-0.1, -0.05) is 0 Å². The molecule has 0 aromatic heterocycles. The van der Waals surface area contributed by atoms with Gasteiger partial charge >= 0.3 is 0 Å². The Balaban J connectivity index is 2.16. The van der Waals surface area contributed by atoms with E-state index in [2.05, 4.69) is 0 Å². The fourth-order valence-electron chi connectivity index (χ4n) is 2.36. The van der Waals surface area contributed by atoms with Gasteiger partial charge in [-0.05, 0) is 25.3 Å². The number of nitro groups is 1. The van der Waals surface area contributed by atoms with Crippen LogP contribution in [-0.2, 0) is 0 Å². The molecule has 6 nitrogen and oxygen atoms in total. The molecule has 2 atom stereocenters. The Hall–Kier alpha value is -2.02. The van der Waals surface area contributed by atoms with E-state index in [0.717, 1.165) is 24.6 Å². The van der Waals surface area contributed by atoms with Crippen molar-refractivity contribution >= 4 is 11.6 Å². The maximum Gasteiger partial charge on any atom is 0.272 e. The number of non-ortho nitro benzene ring substituents is 1. The summed E-state index contributed by atoms with van der Waals surface area (Å²) in [7, 11) is 0. The maximum absolute atomic E-state index is 13.8. The van der Waals surface area contributed by atoms with Crippen molar-refractivity contribution in [2.45, 2.75) is 19.4 Å². The number of rotatable bonds is 3. The SMILES string of the molecule is CC(N)C1CCN(C(=O)c2ccc([N+](=O)[O-])cc2F)C1. The molecule has 1 amide bonds. The van der Waals surface area contributed by atoms with E-state index in [-0.39, 0.29) is 23.2 Å². The maximum atomic E-state index is 13.8. The molecule has 2 unspecified atom stereocenters. The topological polar surface area (TPSA) is 89.5 Å². The van der Waals surface area contributed by atoms with Gasteiger partial charge in [0.25, 0.3) is 11.6 Å². The van der Waals surface area contributed by atoms with Crippen molar-refractivity contribution in [2.75, 3.05) is 13.1 Å². The van der Waals surface area contributed by atoms with Gasteiger partial charge in [0.15, 0.2) is 0 Å². The summed E-state index contributed by atoms with van der Waals surface area (Å²) in [5.74, 6) is -1.10. The highest BCUT2D eigenvalue weighted by atomic mass is 19.1. The summed E-state index contributed by atoms with van der Waals surface area (Å²) in [5.41, 5.74) is 5.29. The predicted octanol–water partition coefficient (Wildman–Crippen LogP) is 1.54. The number of hydrogen-bond acceptors (Lipinski definition) is 4. The number of benzene rings is 1. The summed E-state index contributed by atoms with van der Waals surface area (Å²) in [6.45, 7) is 2.90. The molecule has 0 radical (unpaired) electrons. The van der Waals surface area contributed by atoms with Gasteiger partial charge in [-0.25, -0.2) is 4.39 Å². The second-order valence-corrected chi connectivity index (χ2v) is 5.08. The van der Waals surface area contributed by atoms with Crippen LogP contribution >= 0.6 is 0 Å². The Morgan fingerprint density at radius 3 is 2.80 bits per heavy atom. The van der Waals surface area contributed by atoms with Crippen LogP contribution in [0, 0.1) is 21.8 Å². The average molecular weight is 281 g/mol. The molecule has 1 aliphatic rings. The van der Waals surface area contributed by atoms with Gasteiger partial charge in [0.05, 0.1) is 16.6 Å². The van der Waals surface area contributed by atoms with Crippen LogP contribution in [0.2, 0.25) is 0 Å². The van der Waals surface area contributed by atoms with Crippen molar-refractivity contribution in [3.8, 4) is 0 Å². The Labute approximate surface area is 115 Å². The lowest BCUT2D eigenvalue weighted by atomic mass is 10.0. The minimum atomic E-state index is -0.867. The van der Waals surface area contributed by atoms with E-state index in [1.54, 1.807) is 0 Å². The second-order valence-electron chi connectivity index (χ2n) is 5.08. The van der Waals surface area contributed by atoms with E-state index in [1.165, 1.54) is 4.90 Å². The molecule has 1 heterocycles. The molecule has 0 aliphatic carbocycles. The van der Waals surface area contributed by atoms with Crippen molar-refractivity contribution < 1.29 is 14.1 Å². The summed E-state index contributed by atoms with van der Waals surface area (Å²) in [6, 6.07) is 3.05. The fraction of sp³-hybridized carbons (Fsp3) is 0.462. The van der Waals surface area contributed by atoms with Crippen LogP contribution in [0.5, 0.6) is 0 Å². The number of carbonyl (C=O) groups is 1. The Morgan fingerprint density at radius 1 is 1.60 bits per heavy atom. The third-order valence-corrected chi connectivity index (χ3v) is 3.65. The van der Waals surface area contributed by atoms with Crippen molar-refractivity contribution in [3.63, 3.8) is 0 Å². The molecule has 1 aliphatic heterocycles. The Kier molecular flexibility index (Phi) is 3.99. The highest BCUT2D eigenvalue weighted by Gasteiger charge is 2.30. The number of hydrogen-bond donors (Lipinski definition) is 1. The van der Waals surface area contributed by atoms with E-state index < -0.39 is 16.6 Å².